The van der Waals surface area contributed by atoms with E-state index in [9.17, 15) is 4.79 Å². The minimum Gasteiger partial charge on any atom is -0.345 e. The van der Waals surface area contributed by atoms with Gasteiger partial charge in [0.1, 0.15) is 0 Å². The van der Waals surface area contributed by atoms with Crippen LogP contribution in [0.2, 0.25) is 0 Å². The molecule has 0 bridgehead atoms. The van der Waals surface area contributed by atoms with Crippen molar-refractivity contribution < 1.29 is 4.79 Å². The number of aryl methyl sites for hydroxylation is 1. The molecule has 0 aliphatic rings. The van der Waals surface area contributed by atoms with E-state index >= 15 is 0 Å². The van der Waals surface area contributed by atoms with Gasteiger partial charge >= 0.3 is 0 Å². The maximum Gasteiger partial charge on any atom is 0.252 e. The molecular weight excluding hydrogens is 264 g/mol. The third kappa shape index (κ3) is 3.71. The molecular formula is C16H18N4O. The Morgan fingerprint density at radius 1 is 1.52 bits per heavy atom. The van der Waals surface area contributed by atoms with Gasteiger partial charge in [0, 0.05) is 22.9 Å². The zero-order chi connectivity index (χ0) is 15.2. The average Bonchev–Trinajstić information content (AvgIpc) is 3.00. The smallest absolute Gasteiger partial charge is 0.252 e. The molecule has 108 valence electrons. The van der Waals surface area contributed by atoms with Gasteiger partial charge < -0.3 is 11.1 Å². The largest absolute Gasteiger partial charge is 0.345 e. The fourth-order valence-electron chi connectivity index (χ4n) is 1.95. The second-order valence-electron chi connectivity index (χ2n) is 4.76. The number of hydrogen-bond donors (Lipinski definition) is 3. The van der Waals surface area contributed by atoms with Crippen molar-refractivity contribution in [2.24, 2.45) is 5.73 Å². The highest BCUT2D eigenvalue weighted by Crippen LogP contribution is 2.14. The fraction of sp³-hybridized carbons (Fsp3) is 0.250. The first-order chi connectivity index (χ1) is 10.1. The molecule has 0 spiro atoms. The molecule has 1 aromatic carbocycles. The Morgan fingerprint density at radius 3 is 3.00 bits per heavy atom. The Labute approximate surface area is 123 Å². The van der Waals surface area contributed by atoms with Crippen molar-refractivity contribution in [1.82, 2.24) is 15.5 Å². The van der Waals surface area contributed by atoms with E-state index in [-0.39, 0.29) is 11.9 Å². The number of hydrogen-bond acceptors (Lipinski definition) is 3. The first-order valence-corrected chi connectivity index (χ1v) is 6.71. The zero-order valence-electron chi connectivity index (χ0n) is 12.1. The van der Waals surface area contributed by atoms with Crippen molar-refractivity contribution in [2.45, 2.75) is 19.9 Å². The van der Waals surface area contributed by atoms with Gasteiger partial charge in [-0.2, -0.15) is 5.10 Å². The van der Waals surface area contributed by atoms with E-state index in [2.05, 4.69) is 27.4 Å². The van der Waals surface area contributed by atoms with Crippen LogP contribution in [0.25, 0.3) is 0 Å². The van der Waals surface area contributed by atoms with Crippen molar-refractivity contribution in [3.63, 3.8) is 0 Å². The van der Waals surface area contributed by atoms with Crippen LogP contribution in [0.5, 0.6) is 0 Å². The summed E-state index contributed by atoms with van der Waals surface area (Å²) in [4.78, 5) is 12.4. The topological polar surface area (TPSA) is 83.8 Å². The normalized spacial score (nSPS) is 11.4. The maximum atomic E-state index is 12.4. The number of H-pyrrole nitrogens is 1. The Bertz CT molecular complexity index is 680. The first-order valence-electron chi connectivity index (χ1n) is 6.71. The van der Waals surface area contributed by atoms with Crippen LogP contribution < -0.4 is 11.1 Å². The van der Waals surface area contributed by atoms with Crippen molar-refractivity contribution in [3.8, 4) is 11.8 Å². The molecule has 0 radical (unpaired) electrons. The summed E-state index contributed by atoms with van der Waals surface area (Å²) in [5, 5.41) is 9.57. The quantitative estimate of drug-likeness (QED) is 0.746. The fourth-order valence-corrected chi connectivity index (χ4v) is 1.95. The van der Waals surface area contributed by atoms with Crippen LogP contribution >= 0.6 is 0 Å². The molecule has 5 heteroatoms. The lowest BCUT2D eigenvalue weighted by molar-refractivity contribution is 0.0939. The molecule has 1 unspecified atom stereocenters. The number of aromatic nitrogens is 2. The van der Waals surface area contributed by atoms with Gasteiger partial charge in [-0.1, -0.05) is 17.9 Å². The molecule has 2 aromatic rings. The molecule has 21 heavy (non-hydrogen) atoms. The number of amides is 1. The van der Waals surface area contributed by atoms with Gasteiger partial charge in [-0.25, -0.2) is 0 Å². The van der Waals surface area contributed by atoms with Gasteiger partial charge in [-0.3, -0.25) is 9.89 Å². The summed E-state index contributed by atoms with van der Waals surface area (Å²) in [6, 6.07) is 5.44. The summed E-state index contributed by atoms with van der Waals surface area (Å²) >= 11 is 0. The van der Waals surface area contributed by atoms with Gasteiger partial charge in [0.25, 0.3) is 5.91 Å². The highest BCUT2D eigenvalue weighted by atomic mass is 16.1. The van der Waals surface area contributed by atoms with Crippen molar-refractivity contribution >= 4 is 5.91 Å². The molecule has 2 rings (SSSR count). The molecule has 0 aliphatic carbocycles. The number of nitrogens with two attached hydrogens (primary N) is 1. The minimum absolute atomic E-state index is 0.116. The third-order valence-electron chi connectivity index (χ3n) is 3.18. The molecule has 0 saturated heterocycles. The Balaban J connectivity index is 2.18. The van der Waals surface area contributed by atoms with Crippen LogP contribution in [0.1, 0.15) is 40.0 Å². The SMILES string of the molecule is Cc1ccc(C#CCN)cc1C(=O)NC(C)c1cn[nH]c1. The van der Waals surface area contributed by atoms with E-state index in [1.807, 2.05) is 26.0 Å². The van der Waals surface area contributed by atoms with Crippen molar-refractivity contribution in [2.75, 3.05) is 6.54 Å². The first kappa shape index (κ1) is 14.8. The predicted octanol–water partition coefficient (Wildman–Crippen LogP) is 1.52. The Kier molecular flexibility index (Phi) is 4.75. The monoisotopic (exact) mass is 282 g/mol. The molecule has 0 aliphatic heterocycles. The average molecular weight is 282 g/mol. The summed E-state index contributed by atoms with van der Waals surface area (Å²) in [6.45, 7) is 4.11. The number of rotatable bonds is 3. The van der Waals surface area contributed by atoms with E-state index in [0.717, 1.165) is 16.7 Å². The molecule has 1 amide bonds. The van der Waals surface area contributed by atoms with E-state index in [1.165, 1.54) is 0 Å². The van der Waals surface area contributed by atoms with Crippen LogP contribution in [-0.4, -0.2) is 22.6 Å². The van der Waals surface area contributed by atoms with Crippen molar-refractivity contribution in [1.29, 1.82) is 0 Å². The van der Waals surface area contributed by atoms with Crippen molar-refractivity contribution in [3.05, 3.63) is 52.8 Å². The van der Waals surface area contributed by atoms with E-state index in [4.69, 9.17) is 5.73 Å². The number of benzene rings is 1. The highest BCUT2D eigenvalue weighted by Gasteiger charge is 2.14. The van der Waals surface area contributed by atoms with Crippen LogP contribution in [0.3, 0.4) is 0 Å². The molecule has 1 atom stereocenters. The summed E-state index contributed by atoms with van der Waals surface area (Å²) in [5.74, 6) is 5.60. The van der Waals surface area contributed by atoms with Gasteiger partial charge in [0.2, 0.25) is 0 Å². The third-order valence-corrected chi connectivity index (χ3v) is 3.18. The van der Waals surface area contributed by atoms with E-state index in [1.54, 1.807) is 18.5 Å². The lowest BCUT2D eigenvalue weighted by Gasteiger charge is -2.13. The standard InChI is InChI=1S/C16H18N4O/c1-11-5-6-13(4-3-7-17)8-15(11)16(21)20-12(2)14-9-18-19-10-14/h5-6,8-10,12H,7,17H2,1-2H3,(H,18,19)(H,20,21). The molecule has 5 nitrogen and oxygen atoms in total. The molecule has 4 N–H and O–H groups in total. The van der Waals surface area contributed by atoms with Gasteiger partial charge in [0.15, 0.2) is 0 Å². The van der Waals surface area contributed by atoms with E-state index < -0.39 is 0 Å². The lowest BCUT2D eigenvalue weighted by Crippen LogP contribution is -2.27. The number of carbonyl (C=O) groups excluding carboxylic acids is 1. The van der Waals surface area contributed by atoms with Gasteiger partial charge in [0.05, 0.1) is 18.8 Å². The zero-order valence-corrected chi connectivity index (χ0v) is 12.1. The number of nitrogens with one attached hydrogen (secondary N) is 2. The number of carbonyl (C=O) groups is 1. The predicted molar refractivity (Wildman–Crippen MR) is 81.6 cm³/mol. The summed E-state index contributed by atoms with van der Waals surface area (Å²) < 4.78 is 0. The van der Waals surface area contributed by atoms with Gasteiger partial charge in [-0.05, 0) is 31.5 Å². The molecule has 1 aromatic heterocycles. The highest BCUT2D eigenvalue weighted by molar-refractivity contribution is 5.96. The number of nitrogens with zero attached hydrogens (tertiary/aromatic N) is 1. The van der Waals surface area contributed by atoms with Crippen LogP contribution in [0, 0.1) is 18.8 Å². The summed E-state index contributed by atoms with van der Waals surface area (Å²) in [6.07, 6.45) is 3.46. The van der Waals surface area contributed by atoms with Gasteiger partial charge in [-0.15, -0.1) is 0 Å². The molecule has 0 saturated carbocycles. The summed E-state index contributed by atoms with van der Waals surface area (Å²) in [5.41, 5.74) is 8.60. The van der Waals surface area contributed by atoms with Crippen LogP contribution in [-0.2, 0) is 0 Å². The molecule has 0 fully saturated rings. The van der Waals surface area contributed by atoms with Crippen LogP contribution in [0.15, 0.2) is 30.6 Å². The Hall–Kier alpha value is -2.58. The molecule has 1 heterocycles. The minimum atomic E-state index is -0.127. The lowest BCUT2D eigenvalue weighted by atomic mass is 10.0. The number of aromatic amines is 1. The second-order valence-corrected chi connectivity index (χ2v) is 4.76. The summed E-state index contributed by atoms with van der Waals surface area (Å²) in [7, 11) is 0. The maximum absolute atomic E-state index is 12.4. The second kappa shape index (κ2) is 6.73. The Morgan fingerprint density at radius 2 is 2.33 bits per heavy atom. The van der Waals surface area contributed by atoms with E-state index in [0.29, 0.717) is 12.1 Å². The van der Waals surface area contributed by atoms with Crippen LogP contribution in [0.4, 0.5) is 0 Å².